The second-order valence-corrected chi connectivity index (χ2v) is 33.4. The van der Waals surface area contributed by atoms with Gasteiger partial charge in [0.25, 0.3) is 0 Å². The maximum absolute atomic E-state index is 2.48. The van der Waals surface area contributed by atoms with Crippen LogP contribution in [0.1, 0.15) is 79.6 Å². The number of para-hydroxylation sites is 4. The first-order chi connectivity index (χ1) is 58.5. The molecule has 0 amide bonds. The van der Waals surface area contributed by atoms with Crippen LogP contribution in [0.4, 0.5) is 34.1 Å². The molecule has 0 radical (unpaired) electrons. The van der Waals surface area contributed by atoms with Crippen molar-refractivity contribution < 1.29 is 0 Å². The van der Waals surface area contributed by atoms with E-state index < -0.39 is 5.41 Å². The Morgan fingerprint density at radius 3 is 0.833 bits per heavy atom. The Kier molecular flexibility index (Phi) is 16.7. The van der Waals surface area contributed by atoms with E-state index in [0.717, 1.165) is 22.7 Å². The highest BCUT2D eigenvalue weighted by atomic mass is 15.1. The lowest BCUT2D eigenvalue weighted by atomic mass is 9.70. The molecule has 0 fully saturated rings. The Morgan fingerprint density at radius 1 is 0.183 bits per heavy atom. The molecule has 20 aromatic rings. The molecule has 0 N–H and O–H groups in total. The third-order valence-electron chi connectivity index (χ3n) is 26.4. The number of anilines is 6. The highest BCUT2D eigenvalue weighted by Gasteiger charge is 2.52. The molecule has 0 atom stereocenters. The first-order valence-corrected chi connectivity index (χ1v) is 41.6. The predicted octanol–water partition coefficient (Wildman–Crippen LogP) is 31.1. The number of benzene rings is 18. The van der Waals surface area contributed by atoms with Gasteiger partial charge in [0, 0.05) is 77.9 Å². The number of rotatable bonds is 11. The van der Waals surface area contributed by atoms with E-state index in [-0.39, 0.29) is 18.3 Å². The molecule has 4 aliphatic rings. The van der Waals surface area contributed by atoms with E-state index in [0.29, 0.717) is 0 Å². The van der Waals surface area contributed by atoms with Gasteiger partial charge in [-0.2, -0.15) is 0 Å². The summed E-state index contributed by atoms with van der Waals surface area (Å²) in [5, 5.41) is 5.03. The van der Waals surface area contributed by atoms with Gasteiger partial charge in [-0.15, -0.1) is 0 Å². The molecule has 4 nitrogen and oxygen atoms in total. The van der Waals surface area contributed by atoms with Crippen molar-refractivity contribution in [1.29, 1.82) is 0 Å². The Bertz CT molecular complexity index is 7280. The van der Waals surface area contributed by atoms with Crippen LogP contribution in [0.5, 0.6) is 0 Å². The molecule has 0 bridgehead atoms. The van der Waals surface area contributed by atoms with Gasteiger partial charge in [0.2, 0.25) is 0 Å². The number of hydrogen-bond acceptors (Lipinski definition) is 2. The van der Waals surface area contributed by atoms with Gasteiger partial charge >= 0.3 is 0 Å². The Labute approximate surface area is 701 Å². The number of fused-ring (bicyclic) bond motifs is 22. The van der Waals surface area contributed by atoms with E-state index in [9.17, 15) is 0 Å². The summed E-state index contributed by atoms with van der Waals surface area (Å²) in [4.78, 5) is 4.89. The summed E-state index contributed by atoms with van der Waals surface area (Å²) in [6.45, 7) is 9.46. The number of aromatic nitrogens is 2. The lowest BCUT2D eigenvalue weighted by Gasteiger charge is -2.32. The largest absolute Gasteiger partial charge is 0.310 e. The summed E-state index contributed by atoms with van der Waals surface area (Å²) in [6.07, 6.45) is 0. The van der Waals surface area contributed by atoms with Gasteiger partial charge in [-0.3, -0.25) is 0 Å². The van der Waals surface area contributed by atoms with Crippen LogP contribution in [-0.2, 0) is 16.2 Å². The fourth-order valence-electron chi connectivity index (χ4n) is 20.8. The maximum Gasteiger partial charge on any atom is 0.0726 e. The molecule has 18 aromatic carbocycles. The quantitative estimate of drug-likeness (QED) is 0.128. The molecular formula is C116H86N4. The lowest BCUT2D eigenvalue weighted by molar-refractivity contribution is 0.660. The standard InChI is InChI=1S/C61H40N2.C54H42N2.CH4/c1-3-15-41(16-4-1)42-27-32-46(33-28-42)62(47-34-29-43(30-35-47)44-31-38-60-54(39-44)53-22-10-14-26-59(53)63(60)45-17-5-2-6-18-45)48-36-37-52-51-21-9-13-25-57(51)61(58(52)40-48)55-23-11-7-19-49(55)50-20-8-12-24-56(50)61;1-53(2)47-19-11-8-16-41(47)43-29-27-39(33-49(43)53)55(40-28-30-44-42-17-9-12-20-48(42)54(3,4)50(44)34-40)38-25-22-35(23-26-38)36-24-31-52-46(32-36)45-18-10-13-21-51(45)56(52)37-14-6-5-7-15-37;/h1-40H;5-34H,1-4H3;1H4. The molecule has 120 heavy (non-hydrogen) atoms. The minimum Gasteiger partial charge on any atom is -0.310 e. The third-order valence-corrected chi connectivity index (χ3v) is 26.4. The summed E-state index contributed by atoms with van der Waals surface area (Å²) in [5.41, 5.74) is 42.0. The van der Waals surface area contributed by atoms with Gasteiger partial charge < -0.3 is 18.9 Å². The van der Waals surface area contributed by atoms with Crippen molar-refractivity contribution in [3.8, 4) is 89.3 Å². The molecule has 0 saturated heterocycles. The summed E-state index contributed by atoms with van der Waals surface area (Å²) >= 11 is 0. The maximum atomic E-state index is 2.48. The second kappa shape index (κ2) is 27.9. The normalized spacial score (nSPS) is 13.5. The van der Waals surface area contributed by atoms with E-state index in [1.165, 1.54) is 189 Å². The fraction of sp³-hybridized carbons (Fsp3) is 0.0690. The van der Waals surface area contributed by atoms with Crippen LogP contribution in [0.25, 0.3) is 133 Å². The van der Waals surface area contributed by atoms with Crippen LogP contribution in [-0.4, -0.2) is 9.13 Å². The Hall–Kier alpha value is -14.8. The first kappa shape index (κ1) is 71.7. The molecule has 0 saturated carbocycles. The molecule has 4 aliphatic carbocycles. The van der Waals surface area contributed by atoms with Crippen LogP contribution in [0, 0.1) is 0 Å². The molecule has 24 rings (SSSR count). The number of hydrogen-bond donors (Lipinski definition) is 0. The first-order valence-electron chi connectivity index (χ1n) is 41.6. The van der Waals surface area contributed by atoms with Gasteiger partial charge in [0.15, 0.2) is 0 Å². The van der Waals surface area contributed by atoms with E-state index >= 15 is 0 Å². The van der Waals surface area contributed by atoms with Crippen LogP contribution < -0.4 is 9.80 Å². The molecular weight excluding hydrogens is 1450 g/mol. The van der Waals surface area contributed by atoms with E-state index in [2.05, 4.69) is 471 Å². The SMILES string of the molecule is C.CC1(C)c2ccccc2-c2ccc(N(c3ccc(-c4ccc5c(c4)c4ccccc4n5-c4ccccc4)cc3)c3ccc4c(c3)C(C)(C)c3ccccc3-4)cc21.c1ccc(-c2ccc(N(c3ccc(-c4ccc5c(c4)c4ccccc4n5-c4ccccc4)cc3)c3ccc4c(c3)C3(c5ccccc5-c5ccccc53)c3ccccc3-4)cc2)cc1. The summed E-state index contributed by atoms with van der Waals surface area (Å²) < 4.78 is 4.75. The van der Waals surface area contributed by atoms with Gasteiger partial charge in [0.05, 0.1) is 27.5 Å². The van der Waals surface area contributed by atoms with Gasteiger partial charge in [-0.05, 0) is 256 Å². The van der Waals surface area contributed by atoms with Crippen LogP contribution >= 0.6 is 0 Å². The van der Waals surface area contributed by atoms with E-state index in [1.807, 2.05) is 0 Å². The van der Waals surface area contributed by atoms with Gasteiger partial charge in [0.1, 0.15) is 0 Å². The molecule has 2 heterocycles. The smallest absolute Gasteiger partial charge is 0.0726 e. The van der Waals surface area contributed by atoms with Crippen molar-refractivity contribution in [2.24, 2.45) is 0 Å². The van der Waals surface area contributed by atoms with Crippen molar-refractivity contribution in [3.63, 3.8) is 0 Å². The van der Waals surface area contributed by atoms with E-state index in [4.69, 9.17) is 0 Å². The monoisotopic (exact) mass is 1530 g/mol. The molecule has 570 valence electrons. The highest BCUT2D eigenvalue weighted by Crippen LogP contribution is 2.64. The predicted molar refractivity (Wildman–Crippen MR) is 505 cm³/mol. The van der Waals surface area contributed by atoms with Crippen molar-refractivity contribution in [1.82, 2.24) is 9.13 Å². The molecule has 0 aliphatic heterocycles. The Balaban J connectivity index is 0.000000144. The zero-order valence-corrected chi connectivity index (χ0v) is 66.7. The van der Waals surface area contributed by atoms with Crippen LogP contribution in [0.3, 0.4) is 0 Å². The Morgan fingerprint density at radius 2 is 0.442 bits per heavy atom. The van der Waals surface area contributed by atoms with Gasteiger partial charge in [-0.25, -0.2) is 0 Å². The lowest BCUT2D eigenvalue weighted by Crippen LogP contribution is -2.26. The fourth-order valence-corrected chi connectivity index (χ4v) is 20.8. The summed E-state index contributed by atoms with van der Waals surface area (Å²) in [5.74, 6) is 0. The van der Waals surface area contributed by atoms with Crippen molar-refractivity contribution >= 4 is 77.7 Å². The summed E-state index contributed by atoms with van der Waals surface area (Å²) in [6, 6.07) is 157. The van der Waals surface area contributed by atoms with Crippen LogP contribution in [0.15, 0.2) is 425 Å². The molecule has 1 spiro atoms. The van der Waals surface area contributed by atoms with Gasteiger partial charge in [-0.1, -0.05) is 326 Å². The third kappa shape index (κ3) is 11.0. The van der Waals surface area contributed by atoms with Crippen molar-refractivity contribution in [3.05, 3.63) is 469 Å². The zero-order valence-electron chi connectivity index (χ0n) is 66.7. The van der Waals surface area contributed by atoms with Crippen LogP contribution in [0.2, 0.25) is 0 Å². The highest BCUT2D eigenvalue weighted by molar-refractivity contribution is 6.12. The summed E-state index contributed by atoms with van der Waals surface area (Å²) in [7, 11) is 0. The number of nitrogens with zero attached hydrogens (tertiary/aromatic N) is 4. The molecule has 0 unspecified atom stereocenters. The zero-order chi connectivity index (χ0) is 79.2. The second-order valence-electron chi connectivity index (χ2n) is 33.4. The minimum atomic E-state index is -0.426. The topological polar surface area (TPSA) is 16.3 Å². The van der Waals surface area contributed by atoms with Crippen molar-refractivity contribution in [2.45, 2.75) is 51.4 Å². The average molecular weight is 1540 g/mol. The van der Waals surface area contributed by atoms with E-state index in [1.54, 1.807) is 0 Å². The average Bonchev–Trinajstić information content (AvgIpc) is 1.51. The van der Waals surface area contributed by atoms with Crippen molar-refractivity contribution in [2.75, 3.05) is 9.80 Å². The minimum absolute atomic E-state index is 0. The molecule has 4 heteroatoms. The molecule has 2 aromatic heterocycles.